The summed E-state index contributed by atoms with van der Waals surface area (Å²) in [6.07, 6.45) is -0.729. The van der Waals surface area contributed by atoms with Gasteiger partial charge in [0, 0.05) is 16.8 Å². The maximum atomic E-state index is 14.3. The maximum Gasteiger partial charge on any atom is 0.408 e. The third kappa shape index (κ3) is 7.52. The quantitative estimate of drug-likeness (QED) is 0.317. The maximum absolute atomic E-state index is 14.3. The lowest BCUT2D eigenvalue weighted by Gasteiger charge is -2.43. The molecule has 3 aromatic rings. The van der Waals surface area contributed by atoms with Crippen LogP contribution >= 0.6 is 0 Å². The molecular weight excluding hydrogens is 506 g/mol. The minimum atomic E-state index is -1.21. The summed E-state index contributed by atoms with van der Waals surface area (Å²) in [5.41, 5.74) is -0.814. The zero-order chi connectivity index (χ0) is 29.8. The molecule has 2 atom stereocenters. The Morgan fingerprint density at radius 2 is 1.45 bits per heavy atom. The van der Waals surface area contributed by atoms with E-state index in [9.17, 15) is 19.5 Å². The molecule has 3 rings (SSSR count). The molecule has 40 heavy (non-hydrogen) atoms. The number of hydrogen-bond acceptors (Lipinski definition) is 5. The van der Waals surface area contributed by atoms with Crippen LogP contribution < -0.4 is 10.6 Å². The number of alkyl carbamates (subject to hydrolysis) is 1. The number of para-hydroxylation sites is 1. The summed E-state index contributed by atoms with van der Waals surface area (Å²) in [7, 11) is 0. The molecule has 0 spiro atoms. The summed E-state index contributed by atoms with van der Waals surface area (Å²) in [4.78, 5) is 42.5. The highest BCUT2D eigenvalue weighted by Crippen LogP contribution is 2.36. The number of carbonyl (C=O) groups is 3. The molecule has 0 aliphatic rings. The van der Waals surface area contributed by atoms with Crippen molar-refractivity contribution in [2.45, 2.75) is 78.6 Å². The Bertz CT molecular complexity index is 1370. The molecule has 0 saturated heterocycles. The Balaban J connectivity index is 2.07. The van der Waals surface area contributed by atoms with Crippen molar-refractivity contribution in [3.05, 3.63) is 72.3 Å². The van der Waals surface area contributed by atoms with Crippen molar-refractivity contribution in [3.8, 4) is 5.75 Å². The fraction of sp³-hybridized carbons (Fsp3) is 0.406. The van der Waals surface area contributed by atoms with E-state index in [-0.39, 0.29) is 17.2 Å². The number of rotatable bonds is 7. The first kappa shape index (κ1) is 30.5. The van der Waals surface area contributed by atoms with Gasteiger partial charge >= 0.3 is 6.09 Å². The zero-order valence-electron chi connectivity index (χ0n) is 24.6. The normalized spacial score (nSPS) is 13.4. The number of carbonyl (C=O) groups excluding carboxylic acids is 3. The van der Waals surface area contributed by atoms with Crippen LogP contribution in [-0.4, -0.2) is 45.1 Å². The number of hydrogen-bond donors (Lipinski definition) is 3. The van der Waals surface area contributed by atoms with Gasteiger partial charge in [-0.3, -0.25) is 9.59 Å². The van der Waals surface area contributed by atoms with Crippen molar-refractivity contribution in [2.24, 2.45) is 5.92 Å². The van der Waals surface area contributed by atoms with Gasteiger partial charge in [0.1, 0.15) is 23.4 Å². The summed E-state index contributed by atoms with van der Waals surface area (Å²) < 4.78 is 5.42. The second-order valence-corrected chi connectivity index (χ2v) is 12.3. The van der Waals surface area contributed by atoms with E-state index in [1.807, 2.05) is 71.0 Å². The van der Waals surface area contributed by atoms with Gasteiger partial charge in [0.15, 0.2) is 0 Å². The average molecular weight is 548 g/mol. The van der Waals surface area contributed by atoms with E-state index in [0.717, 1.165) is 10.8 Å². The van der Waals surface area contributed by atoms with E-state index in [2.05, 4.69) is 10.6 Å². The standard InChI is InChI=1S/C32H41N3O5/c1-20(2)26(34-30(39)40-32(6,7)8)29(38)35(31(3,4)5)27(24-15-11-12-16-25(24)36)28(37)33-23-18-17-21-13-9-10-14-22(21)19-23/h9-20,26-27,36H,1-8H3,(H,33,37)(H,34,39). The van der Waals surface area contributed by atoms with Gasteiger partial charge < -0.3 is 25.4 Å². The van der Waals surface area contributed by atoms with Gasteiger partial charge in [-0.2, -0.15) is 0 Å². The smallest absolute Gasteiger partial charge is 0.408 e. The molecule has 3 amide bonds. The highest BCUT2D eigenvalue weighted by atomic mass is 16.6. The summed E-state index contributed by atoms with van der Waals surface area (Å²) >= 11 is 0. The predicted molar refractivity (Wildman–Crippen MR) is 158 cm³/mol. The Morgan fingerprint density at radius 3 is 2.02 bits per heavy atom. The molecule has 0 bridgehead atoms. The molecule has 0 radical (unpaired) electrons. The number of amides is 3. The van der Waals surface area contributed by atoms with Crippen LogP contribution in [0.2, 0.25) is 0 Å². The Hall–Kier alpha value is -4.07. The van der Waals surface area contributed by atoms with Gasteiger partial charge in [-0.05, 0) is 76.4 Å². The van der Waals surface area contributed by atoms with E-state index < -0.39 is 41.1 Å². The molecule has 3 N–H and O–H groups in total. The van der Waals surface area contributed by atoms with E-state index in [1.54, 1.807) is 45.0 Å². The first-order valence-electron chi connectivity index (χ1n) is 13.5. The van der Waals surface area contributed by atoms with E-state index >= 15 is 0 Å². The largest absolute Gasteiger partial charge is 0.508 e. The zero-order valence-corrected chi connectivity index (χ0v) is 24.6. The second-order valence-electron chi connectivity index (χ2n) is 12.3. The highest BCUT2D eigenvalue weighted by Gasteiger charge is 2.43. The Morgan fingerprint density at radius 1 is 0.850 bits per heavy atom. The Kier molecular flexibility index (Phi) is 9.13. The number of fused-ring (bicyclic) bond motifs is 1. The van der Waals surface area contributed by atoms with Crippen LogP contribution in [-0.2, 0) is 14.3 Å². The van der Waals surface area contributed by atoms with Crippen molar-refractivity contribution in [2.75, 3.05) is 5.32 Å². The van der Waals surface area contributed by atoms with Crippen LogP contribution in [0.3, 0.4) is 0 Å². The van der Waals surface area contributed by atoms with Gasteiger partial charge in [0.25, 0.3) is 5.91 Å². The van der Waals surface area contributed by atoms with Gasteiger partial charge in [0.2, 0.25) is 5.91 Å². The predicted octanol–water partition coefficient (Wildman–Crippen LogP) is 6.40. The lowest BCUT2D eigenvalue weighted by molar-refractivity contribution is -0.147. The number of ether oxygens (including phenoxy) is 1. The van der Waals surface area contributed by atoms with Crippen molar-refractivity contribution in [1.29, 1.82) is 0 Å². The molecule has 0 heterocycles. The average Bonchev–Trinajstić information content (AvgIpc) is 2.84. The van der Waals surface area contributed by atoms with Crippen LogP contribution in [0.15, 0.2) is 66.7 Å². The monoisotopic (exact) mass is 547 g/mol. The fourth-order valence-electron chi connectivity index (χ4n) is 4.54. The molecule has 2 unspecified atom stereocenters. The van der Waals surface area contributed by atoms with Gasteiger partial charge in [-0.15, -0.1) is 0 Å². The minimum absolute atomic E-state index is 0.121. The van der Waals surface area contributed by atoms with Crippen molar-refractivity contribution < 1.29 is 24.2 Å². The molecule has 0 aliphatic carbocycles. The third-order valence-electron chi connectivity index (χ3n) is 6.32. The third-order valence-corrected chi connectivity index (χ3v) is 6.32. The molecule has 8 nitrogen and oxygen atoms in total. The SMILES string of the molecule is CC(C)C(NC(=O)OC(C)(C)C)C(=O)N(C(C(=O)Nc1ccc2ccccc2c1)c1ccccc1O)C(C)(C)C. The van der Waals surface area contributed by atoms with Crippen molar-refractivity contribution >= 4 is 34.4 Å². The molecule has 8 heteroatoms. The molecule has 0 aliphatic heterocycles. The summed E-state index contributed by atoms with van der Waals surface area (Å²) in [6.45, 7) is 14.3. The fourth-order valence-corrected chi connectivity index (χ4v) is 4.54. The van der Waals surface area contributed by atoms with E-state index in [4.69, 9.17) is 4.74 Å². The topological polar surface area (TPSA) is 108 Å². The number of phenols is 1. The molecule has 0 saturated carbocycles. The second kappa shape index (κ2) is 12.0. The number of phenolic OH excluding ortho intramolecular Hbond substituents is 1. The summed E-state index contributed by atoms with van der Waals surface area (Å²) in [5, 5.41) is 18.5. The summed E-state index contributed by atoms with van der Waals surface area (Å²) in [6, 6.07) is 17.6. The van der Waals surface area contributed by atoms with Gasteiger partial charge in [0.05, 0.1) is 0 Å². The lowest BCUT2D eigenvalue weighted by atomic mass is 9.92. The van der Waals surface area contributed by atoms with Crippen LogP contribution in [0, 0.1) is 5.92 Å². The van der Waals surface area contributed by atoms with Crippen LogP contribution in [0.25, 0.3) is 10.8 Å². The first-order chi connectivity index (χ1) is 18.6. The van der Waals surface area contributed by atoms with Crippen molar-refractivity contribution in [3.63, 3.8) is 0 Å². The Labute approximate surface area is 236 Å². The lowest BCUT2D eigenvalue weighted by Crippen LogP contribution is -2.59. The summed E-state index contributed by atoms with van der Waals surface area (Å²) in [5.74, 6) is -1.42. The number of aromatic hydroxyl groups is 1. The molecule has 3 aromatic carbocycles. The van der Waals surface area contributed by atoms with Gasteiger partial charge in [-0.25, -0.2) is 4.79 Å². The number of anilines is 1. The van der Waals surface area contributed by atoms with Crippen LogP contribution in [0.4, 0.5) is 10.5 Å². The van der Waals surface area contributed by atoms with Crippen LogP contribution in [0.5, 0.6) is 5.75 Å². The number of nitrogens with zero attached hydrogens (tertiary/aromatic N) is 1. The van der Waals surface area contributed by atoms with Crippen molar-refractivity contribution in [1.82, 2.24) is 10.2 Å². The molecule has 0 fully saturated rings. The van der Waals surface area contributed by atoms with E-state index in [1.165, 1.54) is 11.0 Å². The van der Waals surface area contributed by atoms with Gasteiger partial charge in [-0.1, -0.05) is 62.4 Å². The molecule has 0 aromatic heterocycles. The highest BCUT2D eigenvalue weighted by molar-refractivity contribution is 6.01. The molecular formula is C32H41N3O5. The van der Waals surface area contributed by atoms with E-state index in [0.29, 0.717) is 5.69 Å². The minimum Gasteiger partial charge on any atom is -0.508 e. The molecule has 214 valence electrons. The number of benzene rings is 3. The van der Waals surface area contributed by atoms with Crippen LogP contribution in [0.1, 0.15) is 67.0 Å². The number of nitrogens with one attached hydrogen (secondary N) is 2. The first-order valence-corrected chi connectivity index (χ1v) is 13.5.